The number of unbranched alkanes of at least 4 members (excludes halogenated alkanes) is 9. The predicted molar refractivity (Wildman–Crippen MR) is 113 cm³/mol. The van der Waals surface area contributed by atoms with Gasteiger partial charge in [-0.2, -0.15) is 0 Å². The summed E-state index contributed by atoms with van der Waals surface area (Å²) in [4.78, 5) is 0. The van der Waals surface area contributed by atoms with E-state index in [9.17, 15) is 15.3 Å². The third-order valence-corrected chi connectivity index (χ3v) is 5.52. The Hall–Kier alpha value is -0.940. The van der Waals surface area contributed by atoms with E-state index in [0.717, 1.165) is 12.0 Å². The van der Waals surface area contributed by atoms with E-state index in [1.54, 1.807) is 0 Å². The van der Waals surface area contributed by atoms with Crippen LogP contribution < -0.4 is 5.73 Å². The van der Waals surface area contributed by atoms with Gasteiger partial charge < -0.3 is 21.1 Å². The first kappa shape index (κ1) is 24.1. The Bertz CT molecular complexity index is 471. The van der Waals surface area contributed by atoms with Gasteiger partial charge in [-0.1, -0.05) is 89.0 Å². The van der Waals surface area contributed by atoms with Crippen molar-refractivity contribution in [3.8, 4) is 0 Å². The van der Waals surface area contributed by atoms with Gasteiger partial charge in [0.05, 0.1) is 24.9 Å². The van der Waals surface area contributed by atoms with Crippen LogP contribution in [0.15, 0.2) is 24.3 Å². The van der Waals surface area contributed by atoms with Crippen molar-refractivity contribution in [2.24, 2.45) is 5.73 Å². The van der Waals surface area contributed by atoms with Crippen molar-refractivity contribution in [1.82, 2.24) is 0 Å². The standard InChI is InChI=1S/C23H41NO3/c1-2-3-4-5-6-7-8-9-10-11-12-20-13-15-21(16-14-20)17-22(27)23(24,18-25)19-26/h13-16,22,25-27H,2-12,17-19,24H2,1H3. The molecule has 4 nitrogen and oxygen atoms in total. The average Bonchev–Trinajstić information content (AvgIpc) is 2.70. The monoisotopic (exact) mass is 379 g/mol. The molecule has 0 aliphatic rings. The summed E-state index contributed by atoms with van der Waals surface area (Å²) in [6.07, 6.45) is 13.9. The maximum atomic E-state index is 10.2. The molecule has 0 aromatic heterocycles. The zero-order valence-electron chi connectivity index (χ0n) is 17.2. The molecular formula is C23H41NO3. The minimum Gasteiger partial charge on any atom is -0.394 e. The summed E-state index contributed by atoms with van der Waals surface area (Å²) in [5.41, 5.74) is 6.74. The molecule has 0 bridgehead atoms. The molecule has 1 aromatic carbocycles. The van der Waals surface area contributed by atoms with Crippen molar-refractivity contribution in [2.45, 2.75) is 95.6 Å². The number of aliphatic hydroxyl groups is 3. The van der Waals surface area contributed by atoms with Crippen LogP contribution in [0, 0.1) is 0 Å². The maximum Gasteiger partial charge on any atom is 0.0888 e. The van der Waals surface area contributed by atoms with Crippen LogP contribution in [0.25, 0.3) is 0 Å². The van der Waals surface area contributed by atoms with Crippen LogP contribution in [0.5, 0.6) is 0 Å². The van der Waals surface area contributed by atoms with Crippen molar-refractivity contribution in [3.63, 3.8) is 0 Å². The number of rotatable bonds is 16. The molecule has 4 heteroatoms. The van der Waals surface area contributed by atoms with E-state index < -0.39 is 24.9 Å². The van der Waals surface area contributed by atoms with Gasteiger partial charge in [-0.15, -0.1) is 0 Å². The highest BCUT2D eigenvalue weighted by molar-refractivity contribution is 5.23. The number of hydrogen-bond donors (Lipinski definition) is 4. The summed E-state index contributed by atoms with van der Waals surface area (Å²) in [5, 5.41) is 28.7. The number of aryl methyl sites for hydroxylation is 1. The summed E-state index contributed by atoms with van der Waals surface area (Å²) in [6.45, 7) is 1.37. The highest BCUT2D eigenvalue weighted by Gasteiger charge is 2.32. The van der Waals surface area contributed by atoms with Gasteiger partial charge in [-0.3, -0.25) is 0 Å². The summed E-state index contributed by atoms with van der Waals surface area (Å²) in [5.74, 6) is 0. The number of nitrogens with two attached hydrogens (primary N) is 1. The summed E-state index contributed by atoms with van der Waals surface area (Å²) >= 11 is 0. The highest BCUT2D eigenvalue weighted by Crippen LogP contribution is 2.16. The highest BCUT2D eigenvalue weighted by atomic mass is 16.3. The van der Waals surface area contributed by atoms with E-state index in [0.29, 0.717) is 6.42 Å². The molecule has 1 rings (SSSR count). The van der Waals surface area contributed by atoms with E-state index in [-0.39, 0.29) is 0 Å². The van der Waals surface area contributed by atoms with Crippen molar-refractivity contribution < 1.29 is 15.3 Å². The lowest BCUT2D eigenvalue weighted by Crippen LogP contribution is -2.57. The van der Waals surface area contributed by atoms with Crippen molar-refractivity contribution in [2.75, 3.05) is 13.2 Å². The van der Waals surface area contributed by atoms with Gasteiger partial charge in [0.25, 0.3) is 0 Å². The number of hydrogen-bond acceptors (Lipinski definition) is 4. The molecule has 0 aliphatic heterocycles. The smallest absolute Gasteiger partial charge is 0.0888 e. The lowest BCUT2D eigenvalue weighted by molar-refractivity contribution is 0.00832. The fourth-order valence-corrected chi connectivity index (χ4v) is 3.35. The molecule has 0 spiro atoms. The normalized spacial score (nSPS) is 13.1. The van der Waals surface area contributed by atoms with Gasteiger partial charge in [0.1, 0.15) is 0 Å². The van der Waals surface area contributed by atoms with Crippen molar-refractivity contribution in [1.29, 1.82) is 0 Å². The molecular weight excluding hydrogens is 338 g/mol. The third kappa shape index (κ3) is 9.70. The second-order valence-corrected chi connectivity index (χ2v) is 8.02. The van der Waals surface area contributed by atoms with Crippen LogP contribution in [0.3, 0.4) is 0 Å². The molecule has 27 heavy (non-hydrogen) atoms. The second-order valence-electron chi connectivity index (χ2n) is 8.02. The first-order valence-corrected chi connectivity index (χ1v) is 10.8. The van der Waals surface area contributed by atoms with Gasteiger partial charge >= 0.3 is 0 Å². The zero-order chi connectivity index (χ0) is 20.0. The Balaban J connectivity index is 2.18. The number of benzene rings is 1. The minimum absolute atomic E-state index is 0.330. The van der Waals surface area contributed by atoms with Gasteiger partial charge in [0.15, 0.2) is 0 Å². The average molecular weight is 380 g/mol. The summed E-state index contributed by atoms with van der Waals surface area (Å²) in [6, 6.07) is 8.21. The predicted octanol–water partition coefficient (Wildman–Crippen LogP) is 3.74. The Morgan fingerprint density at radius 3 is 1.70 bits per heavy atom. The molecule has 1 atom stereocenters. The van der Waals surface area contributed by atoms with Crippen LogP contribution in [0.2, 0.25) is 0 Å². The van der Waals surface area contributed by atoms with E-state index in [2.05, 4.69) is 19.1 Å². The summed E-state index contributed by atoms with van der Waals surface area (Å²) < 4.78 is 0. The van der Waals surface area contributed by atoms with Crippen LogP contribution >= 0.6 is 0 Å². The lowest BCUT2D eigenvalue weighted by Gasteiger charge is -2.30. The number of aliphatic hydroxyl groups excluding tert-OH is 3. The Kier molecular flexibility index (Phi) is 12.6. The second kappa shape index (κ2) is 14.1. The molecule has 1 aromatic rings. The van der Waals surface area contributed by atoms with Crippen molar-refractivity contribution >= 4 is 0 Å². The lowest BCUT2D eigenvalue weighted by atomic mass is 9.90. The molecule has 0 heterocycles. The first-order chi connectivity index (χ1) is 13.1. The first-order valence-electron chi connectivity index (χ1n) is 10.8. The molecule has 0 aliphatic carbocycles. The fourth-order valence-electron chi connectivity index (χ4n) is 3.35. The van der Waals surface area contributed by atoms with Crippen LogP contribution in [0.1, 0.15) is 82.3 Å². The fraction of sp³-hybridized carbons (Fsp3) is 0.739. The van der Waals surface area contributed by atoms with Crippen LogP contribution in [-0.2, 0) is 12.8 Å². The summed E-state index contributed by atoms with van der Waals surface area (Å²) in [7, 11) is 0. The van der Waals surface area contributed by atoms with Gasteiger partial charge in [0, 0.05) is 6.42 Å². The molecule has 0 saturated carbocycles. The molecule has 1 unspecified atom stereocenters. The molecule has 0 radical (unpaired) electrons. The molecule has 0 saturated heterocycles. The molecule has 0 amide bonds. The largest absolute Gasteiger partial charge is 0.394 e. The third-order valence-electron chi connectivity index (χ3n) is 5.52. The molecule has 5 N–H and O–H groups in total. The van der Waals surface area contributed by atoms with E-state index >= 15 is 0 Å². The van der Waals surface area contributed by atoms with Crippen LogP contribution in [0.4, 0.5) is 0 Å². The molecule has 0 fully saturated rings. The van der Waals surface area contributed by atoms with Gasteiger partial charge in [-0.05, 0) is 24.0 Å². The SMILES string of the molecule is CCCCCCCCCCCCc1ccc(CC(O)C(N)(CO)CO)cc1. The van der Waals surface area contributed by atoms with Crippen LogP contribution in [-0.4, -0.2) is 40.2 Å². The Labute approximate surface area is 165 Å². The quantitative estimate of drug-likeness (QED) is 0.330. The van der Waals surface area contributed by atoms with Crippen molar-refractivity contribution in [3.05, 3.63) is 35.4 Å². The Morgan fingerprint density at radius 2 is 1.22 bits per heavy atom. The topological polar surface area (TPSA) is 86.7 Å². The van der Waals surface area contributed by atoms with Gasteiger partial charge in [0.2, 0.25) is 0 Å². The Morgan fingerprint density at radius 1 is 0.778 bits per heavy atom. The minimum atomic E-state index is -1.35. The van der Waals surface area contributed by atoms with E-state index in [1.165, 1.54) is 69.8 Å². The van der Waals surface area contributed by atoms with Gasteiger partial charge in [-0.25, -0.2) is 0 Å². The zero-order valence-corrected chi connectivity index (χ0v) is 17.2. The van der Waals surface area contributed by atoms with E-state index in [4.69, 9.17) is 5.73 Å². The molecule has 156 valence electrons. The maximum absolute atomic E-state index is 10.2. The van der Waals surface area contributed by atoms with E-state index in [1.807, 2.05) is 12.1 Å².